The van der Waals surface area contributed by atoms with Crippen molar-refractivity contribution in [3.8, 4) is 0 Å². The summed E-state index contributed by atoms with van der Waals surface area (Å²) in [5.74, 6) is 0.517. The molecule has 18 heavy (non-hydrogen) atoms. The summed E-state index contributed by atoms with van der Waals surface area (Å²) in [6.45, 7) is 6.04. The van der Waals surface area contributed by atoms with E-state index in [1.807, 2.05) is 12.1 Å². The summed E-state index contributed by atoms with van der Waals surface area (Å²) in [7, 11) is 0. The topological polar surface area (TPSA) is 12.9 Å². The summed E-state index contributed by atoms with van der Waals surface area (Å²) in [5, 5.41) is 1.97. The van der Waals surface area contributed by atoms with Crippen LogP contribution in [0.25, 0.3) is 17.0 Å². The molecule has 0 saturated carbocycles. The fraction of sp³-hybridized carbons (Fsp3) is 0.312. The van der Waals surface area contributed by atoms with Crippen LogP contribution < -0.4 is 0 Å². The lowest BCUT2D eigenvalue weighted by Crippen LogP contribution is -2.10. The molecule has 1 atom stereocenters. The van der Waals surface area contributed by atoms with Crippen LogP contribution in [0.1, 0.15) is 42.5 Å². The third-order valence-electron chi connectivity index (χ3n) is 3.84. The molecule has 1 aliphatic rings. The molecule has 1 aromatic carbocycles. The van der Waals surface area contributed by atoms with Crippen molar-refractivity contribution in [1.29, 1.82) is 0 Å². The molecule has 0 amide bonds. The zero-order chi connectivity index (χ0) is 12.7. The molecular weight excluding hydrogens is 242 g/mol. The Hall–Kier alpha value is -1.34. The van der Waals surface area contributed by atoms with E-state index in [1.54, 1.807) is 0 Å². The van der Waals surface area contributed by atoms with Gasteiger partial charge in [-0.1, -0.05) is 43.3 Å². The first-order valence-corrected chi connectivity index (χ1v) is 6.83. The standard InChI is InChI=1S/C16H16ClN/c1-3-11-7-8-12-14(9-11)18-16-10(2)5-4-6-13(16)15(12)17/h3,7-10H,1,4-6H2,2H3. The number of nitrogens with zero attached hydrogens (tertiary/aromatic N) is 1. The molecule has 0 fully saturated rings. The molecule has 0 N–H and O–H groups in total. The first-order chi connectivity index (χ1) is 8.70. The van der Waals surface area contributed by atoms with E-state index in [2.05, 4.69) is 25.6 Å². The van der Waals surface area contributed by atoms with Crippen molar-refractivity contribution in [1.82, 2.24) is 4.98 Å². The van der Waals surface area contributed by atoms with E-state index in [0.717, 1.165) is 27.9 Å². The molecule has 0 radical (unpaired) electrons. The van der Waals surface area contributed by atoms with Crippen LogP contribution in [0, 0.1) is 0 Å². The zero-order valence-electron chi connectivity index (χ0n) is 10.5. The highest BCUT2D eigenvalue weighted by Crippen LogP contribution is 2.37. The van der Waals surface area contributed by atoms with E-state index < -0.39 is 0 Å². The van der Waals surface area contributed by atoms with Gasteiger partial charge in [-0.2, -0.15) is 0 Å². The van der Waals surface area contributed by atoms with Crippen LogP contribution in [0.5, 0.6) is 0 Å². The lowest BCUT2D eigenvalue weighted by molar-refractivity contribution is 0.576. The van der Waals surface area contributed by atoms with Crippen LogP contribution in [-0.4, -0.2) is 4.98 Å². The van der Waals surface area contributed by atoms with Crippen molar-refractivity contribution in [2.75, 3.05) is 0 Å². The normalized spacial score (nSPS) is 18.7. The van der Waals surface area contributed by atoms with Gasteiger partial charge in [0.25, 0.3) is 0 Å². The van der Waals surface area contributed by atoms with Gasteiger partial charge in [0.15, 0.2) is 0 Å². The first kappa shape index (κ1) is 11.7. The number of fused-ring (bicyclic) bond motifs is 2. The lowest BCUT2D eigenvalue weighted by Gasteiger charge is -2.23. The largest absolute Gasteiger partial charge is 0.252 e. The van der Waals surface area contributed by atoms with Crippen molar-refractivity contribution in [3.63, 3.8) is 0 Å². The maximum absolute atomic E-state index is 6.55. The Kier molecular flexibility index (Phi) is 2.87. The average molecular weight is 258 g/mol. The predicted octanol–water partition coefficient (Wildman–Crippen LogP) is 4.97. The van der Waals surface area contributed by atoms with Crippen LogP contribution in [0.3, 0.4) is 0 Å². The highest BCUT2D eigenvalue weighted by Gasteiger charge is 2.22. The van der Waals surface area contributed by atoms with E-state index in [4.69, 9.17) is 16.6 Å². The first-order valence-electron chi connectivity index (χ1n) is 6.45. The van der Waals surface area contributed by atoms with E-state index in [1.165, 1.54) is 24.1 Å². The van der Waals surface area contributed by atoms with Gasteiger partial charge in [0, 0.05) is 11.1 Å². The van der Waals surface area contributed by atoms with Gasteiger partial charge >= 0.3 is 0 Å². The smallest absolute Gasteiger partial charge is 0.0726 e. The minimum atomic E-state index is 0.517. The summed E-state index contributed by atoms with van der Waals surface area (Å²) in [4.78, 5) is 4.83. The summed E-state index contributed by atoms with van der Waals surface area (Å²) in [6.07, 6.45) is 5.33. The van der Waals surface area contributed by atoms with Crippen molar-refractivity contribution in [2.24, 2.45) is 0 Å². The number of aromatic nitrogens is 1. The molecule has 2 heteroatoms. The predicted molar refractivity (Wildman–Crippen MR) is 78.2 cm³/mol. The van der Waals surface area contributed by atoms with Crippen LogP contribution in [0.15, 0.2) is 24.8 Å². The monoisotopic (exact) mass is 257 g/mol. The molecular formula is C16H16ClN. The second-order valence-corrected chi connectivity index (χ2v) is 5.44. The Labute approximate surface area is 112 Å². The lowest BCUT2D eigenvalue weighted by atomic mass is 9.87. The fourth-order valence-electron chi connectivity index (χ4n) is 2.79. The number of hydrogen-bond donors (Lipinski definition) is 0. The molecule has 2 aromatic rings. The van der Waals surface area contributed by atoms with Gasteiger partial charge in [-0.05, 0) is 42.4 Å². The second kappa shape index (κ2) is 4.40. The van der Waals surface area contributed by atoms with Gasteiger partial charge in [-0.3, -0.25) is 4.98 Å². The maximum Gasteiger partial charge on any atom is 0.0726 e. The van der Waals surface area contributed by atoms with Crippen molar-refractivity contribution in [3.05, 3.63) is 46.6 Å². The minimum absolute atomic E-state index is 0.517. The van der Waals surface area contributed by atoms with E-state index in [9.17, 15) is 0 Å². The Balaban J connectivity index is 2.32. The number of rotatable bonds is 1. The molecule has 1 aliphatic carbocycles. The summed E-state index contributed by atoms with van der Waals surface area (Å²) in [5.41, 5.74) is 4.54. The van der Waals surface area contributed by atoms with Crippen LogP contribution in [0.4, 0.5) is 0 Å². The summed E-state index contributed by atoms with van der Waals surface area (Å²) >= 11 is 6.55. The Morgan fingerprint density at radius 2 is 2.28 bits per heavy atom. The minimum Gasteiger partial charge on any atom is -0.252 e. The molecule has 1 heterocycles. The Morgan fingerprint density at radius 1 is 1.44 bits per heavy atom. The Bertz CT molecular complexity index is 631. The molecule has 1 aromatic heterocycles. The van der Waals surface area contributed by atoms with E-state index in [0.29, 0.717) is 5.92 Å². The highest BCUT2D eigenvalue weighted by molar-refractivity contribution is 6.36. The van der Waals surface area contributed by atoms with Crippen LogP contribution in [-0.2, 0) is 6.42 Å². The van der Waals surface area contributed by atoms with Gasteiger partial charge in [0.2, 0.25) is 0 Å². The van der Waals surface area contributed by atoms with Gasteiger partial charge in [-0.15, -0.1) is 0 Å². The molecule has 0 aliphatic heterocycles. The molecule has 92 valence electrons. The fourth-order valence-corrected chi connectivity index (χ4v) is 3.14. The highest BCUT2D eigenvalue weighted by atomic mass is 35.5. The number of hydrogen-bond acceptors (Lipinski definition) is 1. The number of pyridine rings is 1. The molecule has 3 rings (SSSR count). The van der Waals surface area contributed by atoms with Crippen molar-refractivity contribution in [2.45, 2.75) is 32.1 Å². The summed E-state index contributed by atoms with van der Waals surface area (Å²) in [6, 6.07) is 6.17. The van der Waals surface area contributed by atoms with Gasteiger partial charge < -0.3 is 0 Å². The van der Waals surface area contributed by atoms with Crippen molar-refractivity contribution >= 4 is 28.6 Å². The number of halogens is 1. The van der Waals surface area contributed by atoms with E-state index >= 15 is 0 Å². The average Bonchev–Trinajstić information content (AvgIpc) is 2.40. The Morgan fingerprint density at radius 3 is 3.06 bits per heavy atom. The molecule has 1 nitrogen and oxygen atoms in total. The molecule has 0 saturated heterocycles. The van der Waals surface area contributed by atoms with E-state index in [-0.39, 0.29) is 0 Å². The molecule has 0 bridgehead atoms. The number of benzene rings is 1. The quantitative estimate of drug-likeness (QED) is 0.703. The van der Waals surface area contributed by atoms with Gasteiger partial charge in [0.1, 0.15) is 0 Å². The van der Waals surface area contributed by atoms with Crippen molar-refractivity contribution < 1.29 is 0 Å². The SMILES string of the molecule is C=Cc1ccc2c(Cl)c3c(nc2c1)C(C)CCC3. The third kappa shape index (κ3) is 1.74. The van der Waals surface area contributed by atoms with Gasteiger partial charge in [-0.25, -0.2) is 0 Å². The van der Waals surface area contributed by atoms with Gasteiger partial charge in [0.05, 0.1) is 10.5 Å². The van der Waals surface area contributed by atoms with Crippen LogP contribution >= 0.6 is 11.6 Å². The second-order valence-electron chi connectivity index (χ2n) is 5.06. The maximum atomic E-state index is 6.55. The molecule has 1 unspecified atom stereocenters. The molecule has 0 spiro atoms. The van der Waals surface area contributed by atoms with Crippen LogP contribution in [0.2, 0.25) is 5.02 Å². The zero-order valence-corrected chi connectivity index (χ0v) is 11.3. The summed E-state index contributed by atoms with van der Waals surface area (Å²) < 4.78 is 0. The third-order valence-corrected chi connectivity index (χ3v) is 4.27.